The van der Waals surface area contributed by atoms with Crippen molar-refractivity contribution in [1.29, 1.82) is 0 Å². The van der Waals surface area contributed by atoms with Gasteiger partial charge >= 0.3 is 5.91 Å². The number of carbonyl (C=O) groups is 1. The molecular formula is C20H27N2O2+. The number of nitrogens with one attached hydrogen (secondary N) is 1. The number of aromatic hydroxyl groups is 1. The maximum Gasteiger partial charge on any atom is 0.321 e. The SMILES string of the molecule is CNC.C[N+]1(Cc2ccccc2)CCC(c2cccc(O)c2)C1=O. The van der Waals surface area contributed by atoms with E-state index >= 15 is 0 Å². The van der Waals surface area contributed by atoms with E-state index in [1.54, 1.807) is 18.2 Å². The Hall–Kier alpha value is -2.17. The third-order valence-corrected chi connectivity index (χ3v) is 4.39. The number of amides is 1. The lowest BCUT2D eigenvalue weighted by Crippen LogP contribution is -2.45. The highest BCUT2D eigenvalue weighted by Crippen LogP contribution is 2.35. The second kappa shape index (κ2) is 8.08. The Morgan fingerprint density at radius 2 is 1.79 bits per heavy atom. The Kier molecular flexibility index (Phi) is 6.12. The summed E-state index contributed by atoms with van der Waals surface area (Å²) in [5.41, 5.74) is 2.11. The molecule has 128 valence electrons. The van der Waals surface area contributed by atoms with Gasteiger partial charge < -0.3 is 10.4 Å². The van der Waals surface area contributed by atoms with Crippen LogP contribution in [0.3, 0.4) is 0 Å². The largest absolute Gasteiger partial charge is 0.508 e. The molecule has 4 heteroatoms. The number of benzene rings is 2. The number of phenols is 1. The van der Waals surface area contributed by atoms with Crippen LogP contribution in [0.2, 0.25) is 0 Å². The van der Waals surface area contributed by atoms with E-state index in [4.69, 9.17) is 0 Å². The number of hydrogen-bond donors (Lipinski definition) is 2. The second-order valence-electron chi connectivity index (χ2n) is 6.54. The Balaban J connectivity index is 0.000000647. The third-order valence-electron chi connectivity index (χ3n) is 4.39. The van der Waals surface area contributed by atoms with Crippen LogP contribution < -0.4 is 5.32 Å². The molecule has 2 unspecified atom stereocenters. The Morgan fingerprint density at radius 3 is 2.42 bits per heavy atom. The number of rotatable bonds is 3. The first-order valence-electron chi connectivity index (χ1n) is 8.30. The molecule has 1 heterocycles. The van der Waals surface area contributed by atoms with Gasteiger partial charge in [-0.25, -0.2) is 4.79 Å². The van der Waals surface area contributed by atoms with Crippen molar-refractivity contribution in [1.82, 2.24) is 5.32 Å². The maximum absolute atomic E-state index is 12.8. The van der Waals surface area contributed by atoms with Crippen molar-refractivity contribution >= 4 is 5.91 Å². The molecular weight excluding hydrogens is 300 g/mol. The summed E-state index contributed by atoms with van der Waals surface area (Å²) in [4.78, 5) is 12.8. The van der Waals surface area contributed by atoms with Crippen LogP contribution in [-0.2, 0) is 11.3 Å². The lowest BCUT2D eigenvalue weighted by molar-refractivity contribution is -0.840. The predicted molar refractivity (Wildman–Crippen MR) is 96.7 cm³/mol. The Bertz CT molecular complexity index is 672. The van der Waals surface area contributed by atoms with Crippen molar-refractivity contribution < 1.29 is 14.4 Å². The molecule has 0 bridgehead atoms. The fraction of sp³-hybridized carbons (Fsp3) is 0.350. The smallest absolute Gasteiger partial charge is 0.321 e. The van der Waals surface area contributed by atoms with Gasteiger partial charge in [-0.2, -0.15) is 0 Å². The van der Waals surface area contributed by atoms with Gasteiger partial charge in [-0.15, -0.1) is 0 Å². The van der Waals surface area contributed by atoms with Crippen molar-refractivity contribution in [3.05, 3.63) is 65.7 Å². The van der Waals surface area contributed by atoms with Crippen LogP contribution >= 0.6 is 0 Å². The topological polar surface area (TPSA) is 49.3 Å². The molecule has 0 saturated carbocycles. The minimum Gasteiger partial charge on any atom is -0.508 e. The second-order valence-corrected chi connectivity index (χ2v) is 6.54. The number of phenolic OH excluding ortho intramolecular Hbond substituents is 1. The van der Waals surface area contributed by atoms with E-state index in [1.807, 2.05) is 45.4 Å². The predicted octanol–water partition coefficient (Wildman–Crippen LogP) is 2.89. The lowest BCUT2D eigenvalue weighted by atomic mass is 9.97. The molecule has 24 heavy (non-hydrogen) atoms. The number of carbonyl (C=O) groups excluding carboxylic acids is 1. The molecule has 4 nitrogen and oxygen atoms in total. The first kappa shape index (κ1) is 18.2. The van der Waals surface area contributed by atoms with Crippen LogP contribution in [-0.4, -0.2) is 43.2 Å². The van der Waals surface area contributed by atoms with Crippen molar-refractivity contribution in [3.63, 3.8) is 0 Å². The van der Waals surface area contributed by atoms with Gasteiger partial charge in [0.15, 0.2) is 0 Å². The van der Waals surface area contributed by atoms with E-state index in [0.29, 0.717) is 4.48 Å². The zero-order chi connectivity index (χ0) is 17.6. The van der Waals surface area contributed by atoms with E-state index in [0.717, 1.165) is 25.1 Å². The molecule has 1 fully saturated rings. The van der Waals surface area contributed by atoms with Crippen molar-refractivity contribution in [3.8, 4) is 5.75 Å². The van der Waals surface area contributed by atoms with Gasteiger partial charge in [-0.3, -0.25) is 4.48 Å². The van der Waals surface area contributed by atoms with E-state index in [2.05, 4.69) is 17.4 Å². The van der Waals surface area contributed by atoms with Gasteiger partial charge in [-0.05, 0) is 31.8 Å². The summed E-state index contributed by atoms with van der Waals surface area (Å²) in [5.74, 6) is 0.361. The average molecular weight is 327 g/mol. The zero-order valence-electron chi connectivity index (χ0n) is 14.7. The van der Waals surface area contributed by atoms with Gasteiger partial charge in [0, 0.05) is 12.0 Å². The number of hydrogen-bond acceptors (Lipinski definition) is 3. The minimum atomic E-state index is -0.106. The van der Waals surface area contributed by atoms with Crippen LogP contribution in [0.15, 0.2) is 54.6 Å². The highest BCUT2D eigenvalue weighted by atomic mass is 16.3. The summed E-state index contributed by atoms with van der Waals surface area (Å²) in [5, 5.41) is 12.4. The highest BCUT2D eigenvalue weighted by molar-refractivity contribution is 5.79. The molecule has 0 aliphatic carbocycles. The van der Waals surface area contributed by atoms with Crippen LogP contribution in [0.1, 0.15) is 23.5 Å². The molecule has 2 atom stereocenters. The monoisotopic (exact) mass is 327 g/mol. The number of likely N-dealkylation sites (tertiary alicyclic amines) is 1. The molecule has 0 spiro atoms. The fourth-order valence-corrected chi connectivity index (χ4v) is 3.22. The molecule has 1 aliphatic heterocycles. The summed E-state index contributed by atoms with van der Waals surface area (Å²) in [6.07, 6.45) is 0.839. The summed E-state index contributed by atoms with van der Waals surface area (Å²) >= 11 is 0. The number of nitrogens with zero attached hydrogens (tertiary/aromatic N) is 1. The van der Waals surface area contributed by atoms with Gasteiger partial charge in [0.2, 0.25) is 0 Å². The third kappa shape index (κ3) is 4.22. The van der Waals surface area contributed by atoms with Crippen LogP contribution in [0, 0.1) is 0 Å². The zero-order valence-corrected chi connectivity index (χ0v) is 14.7. The number of likely N-dealkylation sites (N-methyl/N-ethyl adjacent to an activating group) is 1. The van der Waals surface area contributed by atoms with Gasteiger partial charge in [-0.1, -0.05) is 42.5 Å². The first-order chi connectivity index (χ1) is 11.5. The summed E-state index contributed by atoms with van der Waals surface area (Å²) < 4.78 is 0.435. The molecule has 0 radical (unpaired) electrons. The van der Waals surface area contributed by atoms with Crippen LogP contribution in [0.4, 0.5) is 0 Å². The molecule has 2 aromatic rings. The lowest BCUT2D eigenvalue weighted by Gasteiger charge is -2.27. The normalized spacial score (nSPS) is 22.8. The van der Waals surface area contributed by atoms with Crippen molar-refractivity contribution in [2.45, 2.75) is 18.9 Å². The summed E-state index contributed by atoms with van der Waals surface area (Å²) in [6.45, 7) is 1.57. The maximum atomic E-state index is 12.8. The quantitative estimate of drug-likeness (QED) is 0.852. The van der Waals surface area contributed by atoms with Gasteiger partial charge in [0.05, 0.1) is 13.6 Å². The van der Waals surface area contributed by atoms with E-state index in [1.165, 1.54) is 5.56 Å². The molecule has 3 rings (SSSR count). The van der Waals surface area contributed by atoms with Crippen molar-refractivity contribution in [2.75, 3.05) is 27.7 Å². The fourth-order valence-electron chi connectivity index (χ4n) is 3.22. The molecule has 1 aliphatic rings. The standard InChI is InChI=1S/C18H19NO2.C2H7N/c1-19(13-14-6-3-2-4-7-14)11-10-17(18(19)21)15-8-5-9-16(20)12-15;1-3-2/h2-9,12,17H,10-11,13H2,1H3;3H,1-2H3/p+1. The highest BCUT2D eigenvalue weighted by Gasteiger charge is 2.45. The van der Waals surface area contributed by atoms with Gasteiger partial charge in [0.1, 0.15) is 18.2 Å². The number of quaternary nitrogens is 1. The minimum absolute atomic E-state index is 0.106. The van der Waals surface area contributed by atoms with Gasteiger partial charge in [0.25, 0.3) is 0 Å². The molecule has 0 aromatic heterocycles. The van der Waals surface area contributed by atoms with Crippen LogP contribution in [0.5, 0.6) is 5.75 Å². The Morgan fingerprint density at radius 1 is 1.12 bits per heavy atom. The summed E-state index contributed by atoms with van der Waals surface area (Å²) in [7, 11) is 5.76. The van der Waals surface area contributed by atoms with Crippen molar-refractivity contribution in [2.24, 2.45) is 0 Å². The first-order valence-corrected chi connectivity index (χ1v) is 8.30. The van der Waals surface area contributed by atoms with Crippen LogP contribution in [0.25, 0.3) is 0 Å². The molecule has 1 amide bonds. The molecule has 1 saturated heterocycles. The molecule has 2 N–H and O–H groups in total. The van der Waals surface area contributed by atoms with E-state index in [9.17, 15) is 9.90 Å². The molecule has 2 aromatic carbocycles. The summed E-state index contributed by atoms with van der Waals surface area (Å²) in [6, 6.07) is 17.2. The van der Waals surface area contributed by atoms with E-state index < -0.39 is 0 Å². The Labute approximate surface area is 144 Å². The van der Waals surface area contributed by atoms with E-state index in [-0.39, 0.29) is 17.6 Å². The average Bonchev–Trinajstić information content (AvgIpc) is 2.84.